The molecular formula is C6H13NO3S. The molecule has 0 aromatic carbocycles. The van der Waals surface area contributed by atoms with Crippen molar-refractivity contribution in [2.24, 2.45) is 0 Å². The zero-order valence-electron chi connectivity index (χ0n) is 6.69. The van der Waals surface area contributed by atoms with Crippen LogP contribution in [0.2, 0.25) is 0 Å². The third kappa shape index (κ3) is 1.55. The van der Waals surface area contributed by atoms with Crippen molar-refractivity contribution < 1.29 is 13.5 Å². The average Bonchev–Trinajstić information content (AvgIpc) is 1.80. The molecule has 0 bridgehead atoms. The minimum Gasteiger partial charge on any atom is -0.393 e. The van der Waals surface area contributed by atoms with Crippen LogP contribution in [0.3, 0.4) is 0 Å². The summed E-state index contributed by atoms with van der Waals surface area (Å²) in [5.41, 5.74) is 0. The molecule has 0 aromatic heterocycles. The summed E-state index contributed by atoms with van der Waals surface area (Å²) in [6, 6.07) is 0. The van der Waals surface area contributed by atoms with Crippen LogP contribution in [0.4, 0.5) is 0 Å². The van der Waals surface area contributed by atoms with Gasteiger partial charge in [0.05, 0.1) is 11.4 Å². The summed E-state index contributed by atoms with van der Waals surface area (Å²) < 4.78 is 23.8. The smallest absolute Gasteiger partial charge is 0.216 e. The minimum atomic E-state index is -3.10. The van der Waals surface area contributed by atoms with Crippen LogP contribution in [0.25, 0.3) is 0 Å². The van der Waals surface area contributed by atoms with Crippen molar-refractivity contribution in [3.05, 3.63) is 0 Å². The van der Waals surface area contributed by atoms with E-state index < -0.39 is 16.1 Å². The first kappa shape index (κ1) is 8.96. The van der Waals surface area contributed by atoms with Crippen LogP contribution in [0, 0.1) is 0 Å². The third-order valence-corrected chi connectivity index (χ3v) is 4.25. The molecule has 4 nitrogen and oxygen atoms in total. The number of aliphatic hydroxyl groups is 1. The lowest BCUT2D eigenvalue weighted by Gasteiger charge is -2.32. The lowest BCUT2D eigenvalue weighted by Crippen LogP contribution is -2.44. The molecule has 0 unspecified atom stereocenters. The maximum Gasteiger partial charge on any atom is 0.216 e. The van der Waals surface area contributed by atoms with E-state index in [2.05, 4.69) is 0 Å². The predicted octanol–water partition coefficient (Wildman–Crippen LogP) is -0.599. The van der Waals surface area contributed by atoms with E-state index in [4.69, 9.17) is 5.11 Å². The summed E-state index contributed by atoms with van der Waals surface area (Å²) in [5.74, 6) is 0. The second-order valence-corrected chi connectivity index (χ2v) is 5.50. The zero-order valence-corrected chi connectivity index (χ0v) is 7.50. The molecule has 1 aliphatic rings. The molecular weight excluding hydrogens is 166 g/mol. The fourth-order valence-corrected chi connectivity index (χ4v) is 2.61. The molecule has 0 radical (unpaired) electrons. The van der Waals surface area contributed by atoms with Crippen LogP contribution in [0.15, 0.2) is 0 Å². The summed E-state index contributed by atoms with van der Waals surface area (Å²) in [4.78, 5) is 0. The highest BCUT2D eigenvalue weighted by atomic mass is 32.2. The topological polar surface area (TPSA) is 57.6 Å². The average molecular weight is 179 g/mol. The van der Waals surface area contributed by atoms with E-state index in [9.17, 15) is 8.42 Å². The molecule has 66 valence electrons. The number of hydrogen-bond acceptors (Lipinski definition) is 3. The highest BCUT2D eigenvalue weighted by Crippen LogP contribution is 2.27. The van der Waals surface area contributed by atoms with Crippen molar-refractivity contribution in [3.63, 3.8) is 0 Å². The first-order chi connectivity index (χ1) is 4.94. The first-order valence-corrected chi connectivity index (χ1v) is 5.04. The van der Waals surface area contributed by atoms with Gasteiger partial charge in [-0.1, -0.05) is 0 Å². The molecule has 0 aromatic rings. The molecule has 0 spiro atoms. The Bertz CT molecular complexity index is 228. The molecule has 0 aliphatic heterocycles. The normalized spacial score (nSPS) is 32.0. The molecule has 1 fully saturated rings. The molecule has 0 saturated heterocycles. The van der Waals surface area contributed by atoms with Gasteiger partial charge in [-0.2, -0.15) is 0 Å². The third-order valence-electron chi connectivity index (χ3n) is 2.00. The van der Waals surface area contributed by atoms with Crippen LogP contribution in [-0.2, 0) is 10.0 Å². The number of aliphatic hydroxyl groups excluding tert-OH is 1. The summed E-state index contributed by atoms with van der Waals surface area (Å²) in [5, 5.41) is 8.53. The molecule has 1 N–H and O–H groups in total. The molecule has 1 aliphatic carbocycles. The lowest BCUT2D eigenvalue weighted by atomic mass is 9.96. The highest BCUT2D eigenvalue weighted by Gasteiger charge is 2.38. The van der Waals surface area contributed by atoms with Crippen LogP contribution >= 0.6 is 0 Å². The van der Waals surface area contributed by atoms with Gasteiger partial charge in [0.15, 0.2) is 0 Å². The van der Waals surface area contributed by atoms with E-state index >= 15 is 0 Å². The van der Waals surface area contributed by atoms with Gasteiger partial charge in [-0.15, -0.1) is 0 Å². The second-order valence-electron chi connectivity index (χ2n) is 3.07. The summed E-state index contributed by atoms with van der Waals surface area (Å²) >= 11 is 0. The number of nitrogens with zero attached hydrogens (tertiary/aromatic N) is 1. The van der Waals surface area contributed by atoms with Gasteiger partial charge in [-0.3, -0.25) is 0 Å². The molecule has 0 heterocycles. The van der Waals surface area contributed by atoms with E-state index in [1.807, 2.05) is 0 Å². The van der Waals surface area contributed by atoms with E-state index in [-0.39, 0.29) is 5.25 Å². The molecule has 0 amide bonds. The van der Waals surface area contributed by atoms with Crippen molar-refractivity contribution >= 4 is 10.0 Å². The van der Waals surface area contributed by atoms with Gasteiger partial charge < -0.3 is 5.11 Å². The molecule has 1 rings (SSSR count). The fraction of sp³-hybridized carbons (Fsp3) is 1.00. The standard InChI is InChI=1S/C6H13NO3S/c1-7(2)11(9,10)6-3-5(8)4-6/h5-6,8H,3-4H2,1-2H3/t5-,6-. The van der Waals surface area contributed by atoms with E-state index in [1.54, 1.807) is 0 Å². The maximum absolute atomic E-state index is 11.3. The molecule has 5 heteroatoms. The van der Waals surface area contributed by atoms with Gasteiger partial charge in [0.25, 0.3) is 0 Å². The van der Waals surface area contributed by atoms with Gasteiger partial charge in [-0.05, 0) is 12.8 Å². The Morgan fingerprint density at radius 3 is 2.09 bits per heavy atom. The van der Waals surface area contributed by atoms with Crippen molar-refractivity contribution in [1.82, 2.24) is 4.31 Å². The Labute approximate surface area is 66.9 Å². The van der Waals surface area contributed by atoms with Gasteiger partial charge >= 0.3 is 0 Å². The van der Waals surface area contributed by atoms with Gasteiger partial charge in [0.2, 0.25) is 10.0 Å². The molecule has 1 saturated carbocycles. The quantitative estimate of drug-likeness (QED) is 0.616. The Morgan fingerprint density at radius 2 is 1.82 bits per heavy atom. The Morgan fingerprint density at radius 1 is 1.36 bits per heavy atom. The summed E-state index contributed by atoms with van der Waals surface area (Å²) in [6.45, 7) is 0. The second kappa shape index (κ2) is 2.73. The molecule has 0 atom stereocenters. The van der Waals surface area contributed by atoms with Crippen LogP contribution in [0.1, 0.15) is 12.8 Å². The summed E-state index contributed by atoms with van der Waals surface area (Å²) in [6.07, 6.45) is 0.371. The maximum atomic E-state index is 11.3. The van der Waals surface area contributed by atoms with Crippen molar-refractivity contribution in [3.8, 4) is 0 Å². The number of sulfonamides is 1. The van der Waals surface area contributed by atoms with E-state index in [0.717, 1.165) is 0 Å². The Kier molecular flexibility index (Phi) is 2.22. The SMILES string of the molecule is CN(C)S(=O)(=O)[C@H]1C[C@H](O)C1. The van der Waals surface area contributed by atoms with Crippen LogP contribution in [0.5, 0.6) is 0 Å². The summed E-state index contributed by atoms with van der Waals surface area (Å²) in [7, 11) is -0.0719. The highest BCUT2D eigenvalue weighted by molar-refractivity contribution is 7.89. The lowest BCUT2D eigenvalue weighted by molar-refractivity contribution is 0.0963. The monoisotopic (exact) mass is 179 g/mol. The van der Waals surface area contributed by atoms with Crippen LogP contribution in [-0.4, -0.2) is 43.3 Å². The predicted molar refractivity (Wildman–Crippen MR) is 41.6 cm³/mol. The van der Waals surface area contributed by atoms with Crippen LogP contribution < -0.4 is 0 Å². The number of hydrogen-bond donors (Lipinski definition) is 1. The Balaban J connectivity index is 2.62. The molecule has 11 heavy (non-hydrogen) atoms. The Hall–Kier alpha value is -0.130. The van der Waals surface area contributed by atoms with E-state index in [0.29, 0.717) is 12.8 Å². The number of rotatable bonds is 2. The van der Waals surface area contributed by atoms with Gasteiger partial charge in [0.1, 0.15) is 0 Å². The largest absolute Gasteiger partial charge is 0.393 e. The zero-order chi connectivity index (χ0) is 8.65. The van der Waals surface area contributed by atoms with Gasteiger partial charge in [-0.25, -0.2) is 12.7 Å². The van der Waals surface area contributed by atoms with Crippen molar-refractivity contribution in [2.45, 2.75) is 24.2 Å². The van der Waals surface area contributed by atoms with E-state index in [1.165, 1.54) is 18.4 Å². The van der Waals surface area contributed by atoms with Crippen molar-refractivity contribution in [1.29, 1.82) is 0 Å². The first-order valence-electron chi connectivity index (χ1n) is 3.54. The fourth-order valence-electron chi connectivity index (χ4n) is 1.08. The van der Waals surface area contributed by atoms with Gasteiger partial charge in [0, 0.05) is 14.1 Å². The van der Waals surface area contributed by atoms with Crippen molar-refractivity contribution in [2.75, 3.05) is 14.1 Å². The minimum absolute atomic E-state index is 0.354.